The van der Waals surface area contributed by atoms with Crippen LogP contribution in [-0.2, 0) is 4.79 Å². The van der Waals surface area contributed by atoms with E-state index in [0.29, 0.717) is 29.3 Å². The second kappa shape index (κ2) is 14.4. The van der Waals surface area contributed by atoms with Gasteiger partial charge in [-0.1, -0.05) is 74.3 Å². The van der Waals surface area contributed by atoms with Crippen LogP contribution in [0.5, 0.6) is 0 Å². The van der Waals surface area contributed by atoms with Crippen LogP contribution in [0, 0.1) is 11.8 Å². The third-order valence-corrected chi connectivity index (χ3v) is 7.09. The maximum absolute atomic E-state index is 12.8. The van der Waals surface area contributed by atoms with E-state index in [2.05, 4.69) is 63.4 Å². The van der Waals surface area contributed by atoms with E-state index in [9.17, 15) is 4.79 Å². The van der Waals surface area contributed by atoms with Crippen LogP contribution in [0.15, 0.2) is 118 Å². The predicted octanol–water partition coefficient (Wildman–Crippen LogP) is 8.82. The lowest BCUT2D eigenvalue weighted by atomic mass is 9.90. The lowest BCUT2D eigenvalue weighted by molar-refractivity contribution is -0.111. The van der Waals surface area contributed by atoms with Gasteiger partial charge in [0.1, 0.15) is 0 Å². The number of carbonyl (C=O) groups excluding carboxylic acids is 1. The van der Waals surface area contributed by atoms with Gasteiger partial charge in [-0.2, -0.15) is 0 Å². The summed E-state index contributed by atoms with van der Waals surface area (Å²) in [5.41, 5.74) is 8.29. The van der Waals surface area contributed by atoms with Crippen molar-refractivity contribution in [2.75, 3.05) is 7.05 Å². The molecule has 3 nitrogen and oxygen atoms in total. The molecule has 1 saturated carbocycles. The summed E-state index contributed by atoms with van der Waals surface area (Å²) in [6, 6.07) is 0. The minimum Gasteiger partial charge on any atom is -0.290 e. The van der Waals surface area contributed by atoms with Crippen LogP contribution in [0.1, 0.15) is 66.2 Å². The molecule has 196 valence electrons. The van der Waals surface area contributed by atoms with E-state index >= 15 is 0 Å². The quantitative estimate of drug-likeness (QED) is 0.103. The summed E-state index contributed by atoms with van der Waals surface area (Å²) < 4.78 is 0. The van der Waals surface area contributed by atoms with E-state index < -0.39 is 0 Å². The van der Waals surface area contributed by atoms with E-state index in [4.69, 9.17) is 4.99 Å². The third-order valence-electron chi connectivity index (χ3n) is 7.09. The molecule has 0 spiro atoms. The third kappa shape index (κ3) is 8.93. The molecule has 0 bridgehead atoms. The highest BCUT2D eigenvalue weighted by atomic mass is 16.1. The molecule has 3 heteroatoms. The molecule has 0 radical (unpaired) electrons. The summed E-state index contributed by atoms with van der Waals surface area (Å²) in [5.74, 6) is 0.521. The van der Waals surface area contributed by atoms with Crippen LogP contribution in [0.3, 0.4) is 0 Å². The lowest BCUT2D eigenvalue weighted by Crippen LogP contribution is -2.06. The fourth-order valence-corrected chi connectivity index (χ4v) is 4.82. The predicted molar refractivity (Wildman–Crippen MR) is 162 cm³/mol. The number of carbonyl (C=O) groups is 1. The van der Waals surface area contributed by atoms with Crippen molar-refractivity contribution in [1.29, 1.82) is 0 Å². The maximum atomic E-state index is 12.8. The SMILES string of the molecule is C=C/C(C)=C\C(C)/C(=C\C(=NC)C1=CC(=O)C(=C)CC(/C=C\C(=C/C)C2CCCC(=C)CC2)=N1)C(=C)C. The number of nitrogens with zero attached hydrogens (tertiary/aromatic N) is 2. The van der Waals surface area contributed by atoms with Gasteiger partial charge in [-0.25, -0.2) is 0 Å². The van der Waals surface area contributed by atoms with Gasteiger partial charge in [0, 0.05) is 25.3 Å². The zero-order valence-electron chi connectivity index (χ0n) is 23.6. The van der Waals surface area contributed by atoms with E-state index in [1.807, 2.05) is 32.1 Å². The number of ketones is 1. The molecule has 2 rings (SSSR count). The second-order valence-electron chi connectivity index (χ2n) is 10.2. The summed E-state index contributed by atoms with van der Waals surface area (Å²) in [6.45, 7) is 24.5. The van der Waals surface area contributed by atoms with E-state index in [1.165, 1.54) is 24.0 Å². The Bertz CT molecular complexity index is 1160. The number of aliphatic imine (C=N–C) groups is 2. The Balaban J connectivity index is 2.43. The van der Waals surface area contributed by atoms with Crippen molar-refractivity contribution >= 4 is 17.2 Å². The summed E-state index contributed by atoms with van der Waals surface area (Å²) in [4.78, 5) is 22.3. The molecule has 0 aromatic heterocycles. The highest BCUT2D eigenvalue weighted by molar-refractivity contribution is 6.19. The molecule has 0 saturated heterocycles. The molecule has 0 aromatic rings. The van der Waals surface area contributed by atoms with Gasteiger partial charge in [0.15, 0.2) is 5.78 Å². The molecule has 0 aromatic carbocycles. The number of hydrogen-bond acceptors (Lipinski definition) is 3. The van der Waals surface area contributed by atoms with Crippen molar-refractivity contribution in [1.82, 2.24) is 0 Å². The van der Waals surface area contributed by atoms with Crippen molar-refractivity contribution in [3.8, 4) is 0 Å². The first-order chi connectivity index (χ1) is 17.6. The Morgan fingerprint density at radius 3 is 2.57 bits per heavy atom. The molecule has 1 aliphatic carbocycles. The molecule has 1 aliphatic heterocycles. The average Bonchev–Trinajstić information content (AvgIpc) is 3.15. The van der Waals surface area contributed by atoms with Crippen LogP contribution >= 0.6 is 0 Å². The van der Waals surface area contributed by atoms with E-state index in [-0.39, 0.29) is 11.7 Å². The zero-order valence-corrected chi connectivity index (χ0v) is 23.6. The molecule has 1 heterocycles. The molecular weight excluding hydrogens is 452 g/mol. The standard InChI is InChI=1S/C34H44N2O/c1-10-24(5)19-26(7)31(23(3)4)21-32(35-9)33-22-34(37)27(8)20-30(36-33)18-17-28(11-2)29-14-12-13-25(6)15-16-29/h10-11,17-19,21-22,26,29H,1,3,6,8,12-16,20H2,2,4-5,7,9H3/b18-17-,24-19-,28-11+,31-21-,35-32?. The van der Waals surface area contributed by atoms with Gasteiger partial charge in [0.25, 0.3) is 0 Å². The monoisotopic (exact) mass is 496 g/mol. The first-order valence-electron chi connectivity index (χ1n) is 13.3. The minimum absolute atomic E-state index is 0.112. The molecule has 2 unspecified atom stereocenters. The number of allylic oxidation sites excluding steroid dienone is 13. The fraction of sp³-hybridized carbons (Fsp3) is 0.382. The molecule has 37 heavy (non-hydrogen) atoms. The first-order valence-corrected chi connectivity index (χ1v) is 13.3. The molecular formula is C34H44N2O. The van der Waals surface area contributed by atoms with Crippen molar-refractivity contribution in [2.45, 2.75) is 66.2 Å². The van der Waals surface area contributed by atoms with Crippen LogP contribution in [-0.4, -0.2) is 24.3 Å². The molecule has 0 amide bonds. The Morgan fingerprint density at radius 2 is 1.95 bits per heavy atom. The highest BCUT2D eigenvalue weighted by Gasteiger charge is 2.19. The Labute approximate surface area is 225 Å². The van der Waals surface area contributed by atoms with Crippen molar-refractivity contribution in [3.05, 3.63) is 108 Å². The Kier molecular flexibility index (Phi) is 11.7. The van der Waals surface area contributed by atoms with Crippen molar-refractivity contribution in [2.24, 2.45) is 21.8 Å². The van der Waals surface area contributed by atoms with Gasteiger partial charge in [0.2, 0.25) is 0 Å². The minimum atomic E-state index is -0.113. The number of hydrogen-bond donors (Lipinski definition) is 0. The highest BCUT2D eigenvalue weighted by Crippen LogP contribution is 2.31. The second-order valence-corrected chi connectivity index (χ2v) is 10.2. The van der Waals surface area contributed by atoms with Gasteiger partial charge >= 0.3 is 0 Å². The smallest absolute Gasteiger partial charge is 0.183 e. The molecule has 0 N–H and O–H groups in total. The van der Waals surface area contributed by atoms with Crippen LogP contribution in [0.25, 0.3) is 0 Å². The maximum Gasteiger partial charge on any atom is 0.183 e. The topological polar surface area (TPSA) is 41.8 Å². The normalized spacial score (nSPS) is 21.9. The Hall–Kier alpha value is -3.33. The van der Waals surface area contributed by atoms with Gasteiger partial charge in [-0.3, -0.25) is 14.8 Å². The van der Waals surface area contributed by atoms with Crippen LogP contribution in [0.4, 0.5) is 0 Å². The summed E-state index contributed by atoms with van der Waals surface area (Å²) in [5, 5.41) is 0. The van der Waals surface area contributed by atoms with E-state index in [1.54, 1.807) is 13.1 Å². The van der Waals surface area contributed by atoms with E-state index in [0.717, 1.165) is 41.7 Å². The van der Waals surface area contributed by atoms with Gasteiger partial charge in [-0.15, -0.1) is 0 Å². The van der Waals surface area contributed by atoms with Gasteiger partial charge < -0.3 is 0 Å². The molecule has 1 fully saturated rings. The summed E-state index contributed by atoms with van der Waals surface area (Å²) >= 11 is 0. The summed E-state index contributed by atoms with van der Waals surface area (Å²) in [6.07, 6.45) is 20.1. The lowest BCUT2D eigenvalue weighted by Gasteiger charge is -2.15. The zero-order chi connectivity index (χ0) is 27.5. The van der Waals surface area contributed by atoms with Crippen LogP contribution in [0.2, 0.25) is 0 Å². The Morgan fingerprint density at radius 1 is 1.22 bits per heavy atom. The van der Waals surface area contributed by atoms with Crippen molar-refractivity contribution < 1.29 is 4.79 Å². The van der Waals surface area contributed by atoms with Gasteiger partial charge in [0.05, 0.1) is 11.4 Å². The van der Waals surface area contributed by atoms with Crippen molar-refractivity contribution in [3.63, 3.8) is 0 Å². The van der Waals surface area contributed by atoms with Crippen LogP contribution < -0.4 is 0 Å². The summed E-state index contributed by atoms with van der Waals surface area (Å²) in [7, 11) is 1.73. The number of rotatable bonds is 9. The average molecular weight is 497 g/mol. The largest absolute Gasteiger partial charge is 0.290 e. The fourth-order valence-electron chi connectivity index (χ4n) is 4.82. The van der Waals surface area contributed by atoms with Gasteiger partial charge in [-0.05, 0) is 93.6 Å². The molecule has 2 aliphatic rings. The molecule has 2 atom stereocenters. The first kappa shape index (κ1) is 29.9.